The zero-order valence-electron chi connectivity index (χ0n) is 26.8. The van der Waals surface area contributed by atoms with Crippen LogP contribution in [0.25, 0.3) is 0 Å². The van der Waals surface area contributed by atoms with Crippen molar-refractivity contribution in [1.82, 2.24) is 29.5 Å². The molecule has 3 fully saturated rings. The minimum absolute atomic E-state index is 0.0178. The van der Waals surface area contributed by atoms with E-state index in [2.05, 4.69) is 30.3 Å². The number of carbonyl (C=O) groups is 5. The van der Waals surface area contributed by atoms with Gasteiger partial charge in [-0.2, -0.15) is 17.4 Å². The number of nitrogens with two attached hydrogens (primary N) is 1. The van der Waals surface area contributed by atoms with E-state index in [1.54, 1.807) is 4.90 Å². The third-order valence-corrected chi connectivity index (χ3v) is 9.47. The first-order valence-electron chi connectivity index (χ1n) is 15.7. The summed E-state index contributed by atoms with van der Waals surface area (Å²) in [6, 6.07) is -1.69. The Bertz CT molecular complexity index is 1320. The van der Waals surface area contributed by atoms with Crippen molar-refractivity contribution in [3.63, 3.8) is 0 Å². The van der Waals surface area contributed by atoms with E-state index in [4.69, 9.17) is 15.9 Å². The number of oxime groups is 1. The minimum atomic E-state index is -4.18. The summed E-state index contributed by atoms with van der Waals surface area (Å²) in [5, 5.41) is 25.1. The van der Waals surface area contributed by atoms with Crippen molar-refractivity contribution < 1.29 is 52.1 Å². The van der Waals surface area contributed by atoms with Crippen molar-refractivity contribution in [3.05, 3.63) is 0 Å². The molecule has 3 amide bonds. The maximum Gasteiger partial charge on any atom is 0.355 e. The quantitative estimate of drug-likeness (QED) is 0.0316. The number of likely N-dealkylation sites (tertiary alicyclic amines) is 1. The molecule has 3 aliphatic rings. The molecule has 270 valence electrons. The normalized spacial score (nSPS) is 19.5. The molecule has 21 heteroatoms. The molecular formula is C27H45N9O11S. The Balaban J connectivity index is 1.63. The summed E-state index contributed by atoms with van der Waals surface area (Å²) in [6.45, 7) is 2.75. The first-order chi connectivity index (χ1) is 22.8. The van der Waals surface area contributed by atoms with Gasteiger partial charge in [-0.1, -0.05) is 5.16 Å². The standard InChI is InChI=1S/C27H45N9O11S/c1-18(37)46-47-24(39)7-6-21(32-42)25(40)30-8-10-36(20-4-5-20)26(41)22(33-48(43,44)35-11-13-45-14-12-35)15-23(38)31-16-19-3-2-9-34(17-19)27(28)29/h19-20,22,33,42H,2-17H2,1H3,(H3,28,29)(H,30,40)(H,31,38)/b32-21-/t19-,22-/m0/s1. The van der Waals surface area contributed by atoms with Gasteiger partial charge in [0.1, 0.15) is 11.8 Å². The summed E-state index contributed by atoms with van der Waals surface area (Å²) in [7, 11) is -4.18. The maximum atomic E-state index is 13.9. The van der Waals surface area contributed by atoms with Crippen LogP contribution in [0.1, 0.15) is 51.9 Å². The third-order valence-electron chi connectivity index (χ3n) is 7.85. The highest BCUT2D eigenvalue weighted by Gasteiger charge is 2.39. The molecule has 0 aromatic carbocycles. The number of rotatable bonds is 16. The Morgan fingerprint density at radius 1 is 1.08 bits per heavy atom. The predicted octanol–water partition coefficient (Wildman–Crippen LogP) is -2.63. The van der Waals surface area contributed by atoms with E-state index < -0.39 is 64.5 Å². The molecule has 0 aromatic heterocycles. The van der Waals surface area contributed by atoms with Gasteiger partial charge in [-0.15, -0.1) is 0 Å². The first kappa shape index (κ1) is 38.4. The topological polar surface area (TPSA) is 275 Å². The monoisotopic (exact) mass is 703 g/mol. The number of hydrogen-bond acceptors (Lipinski definition) is 13. The van der Waals surface area contributed by atoms with E-state index in [9.17, 15) is 37.6 Å². The van der Waals surface area contributed by atoms with Gasteiger partial charge in [0.2, 0.25) is 11.8 Å². The lowest BCUT2D eigenvalue weighted by Gasteiger charge is -2.33. The summed E-state index contributed by atoms with van der Waals surface area (Å²) in [4.78, 5) is 73.4. The Labute approximate surface area is 278 Å². The van der Waals surface area contributed by atoms with Crippen molar-refractivity contribution in [2.24, 2.45) is 16.8 Å². The van der Waals surface area contributed by atoms with E-state index in [0.29, 0.717) is 25.9 Å². The number of nitrogens with one attached hydrogen (secondary N) is 4. The van der Waals surface area contributed by atoms with Gasteiger partial charge in [-0.25, -0.2) is 19.4 Å². The molecule has 7 N–H and O–H groups in total. The van der Waals surface area contributed by atoms with Gasteiger partial charge >= 0.3 is 11.9 Å². The van der Waals surface area contributed by atoms with Gasteiger partial charge in [0.15, 0.2) is 5.96 Å². The second-order valence-corrected chi connectivity index (χ2v) is 13.3. The molecule has 3 rings (SSSR count). The number of carbonyl (C=O) groups excluding carboxylic acids is 5. The summed E-state index contributed by atoms with van der Waals surface area (Å²) in [5.74, 6) is -3.89. The van der Waals surface area contributed by atoms with E-state index in [0.717, 1.165) is 24.1 Å². The summed E-state index contributed by atoms with van der Waals surface area (Å²) in [6.07, 6.45) is 1.61. The molecule has 0 unspecified atom stereocenters. The Morgan fingerprint density at radius 3 is 2.42 bits per heavy atom. The summed E-state index contributed by atoms with van der Waals surface area (Å²) in [5.41, 5.74) is 5.19. The van der Waals surface area contributed by atoms with Gasteiger partial charge in [0.05, 0.1) is 26.1 Å². The van der Waals surface area contributed by atoms with Crippen molar-refractivity contribution >= 4 is 51.5 Å². The van der Waals surface area contributed by atoms with E-state index in [-0.39, 0.29) is 70.3 Å². The van der Waals surface area contributed by atoms with Crippen LogP contribution in [-0.4, -0.2) is 140 Å². The van der Waals surface area contributed by atoms with Crippen molar-refractivity contribution in [2.45, 2.75) is 64.0 Å². The fourth-order valence-corrected chi connectivity index (χ4v) is 6.54. The number of piperidine rings is 1. The molecule has 1 saturated carbocycles. The highest BCUT2D eigenvalue weighted by Crippen LogP contribution is 2.27. The lowest BCUT2D eigenvalue weighted by Crippen LogP contribution is -2.56. The SMILES string of the molecule is CC(=O)OOC(=O)CC/C(=N/O)C(=O)NCCN(C(=O)[C@H](CC(=O)NC[C@@H]1CCCN(C(=N)N)C1)NS(=O)(=O)N1CCOCC1)C1CC1. The Hall–Kier alpha value is -4.08. The van der Waals surface area contributed by atoms with Crippen LogP contribution in [0.15, 0.2) is 5.16 Å². The number of amides is 3. The van der Waals surface area contributed by atoms with Gasteiger partial charge in [0.25, 0.3) is 16.1 Å². The molecule has 0 bridgehead atoms. The number of hydrogen-bond donors (Lipinski definition) is 6. The zero-order valence-corrected chi connectivity index (χ0v) is 27.7. The summed E-state index contributed by atoms with van der Waals surface area (Å²) < 4.78 is 35.3. The van der Waals surface area contributed by atoms with Crippen LogP contribution in [-0.2, 0) is 48.7 Å². The number of nitrogens with zero attached hydrogens (tertiary/aromatic N) is 4. The van der Waals surface area contributed by atoms with Crippen molar-refractivity contribution in [2.75, 3.05) is 59.0 Å². The zero-order chi connectivity index (χ0) is 35.3. The number of morpholine rings is 1. The van der Waals surface area contributed by atoms with Crippen LogP contribution in [0, 0.1) is 11.3 Å². The number of ether oxygens (including phenoxy) is 1. The molecule has 2 aliphatic heterocycles. The minimum Gasteiger partial charge on any atom is -0.410 e. The van der Waals surface area contributed by atoms with Crippen LogP contribution in [0.2, 0.25) is 0 Å². The van der Waals surface area contributed by atoms with Crippen LogP contribution in [0.4, 0.5) is 0 Å². The largest absolute Gasteiger partial charge is 0.410 e. The molecule has 48 heavy (non-hydrogen) atoms. The van der Waals surface area contributed by atoms with Crippen LogP contribution in [0.3, 0.4) is 0 Å². The highest BCUT2D eigenvalue weighted by atomic mass is 32.2. The molecule has 0 aromatic rings. The van der Waals surface area contributed by atoms with Crippen molar-refractivity contribution in [3.8, 4) is 0 Å². The van der Waals surface area contributed by atoms with E-state index in [1.807, 2.05) is 0 Å². The smallest absolute Gasteiger partial charge is 0.355 e. The molecule has 2 heterocycles. The van der Waals surface area contributed by atoms with Crippen LogP contribution in [0.5, 0.6) is 0 Å². The van der Waals surface area contributed by atoms with Crippen LogP contribution >= 0.6 is 0 Å². The molecule has 2 atom stereocenters. The fourth-order valence-electron chi connectivity index (χ4n) is 5.21. The molecular weight excluding hydrogens is 658 g/mol. The van der Waals surface area contributed by atoms with Gasteiger partial charge < -0.3 is 36.1 Å². The first-order valence-corrected chi connectivity index (χ1v) is 17.1. The molecule has 0 radical (unpaired) electrons. The van der Waals surface area contributed by atoms with Gasteiger partial charge in [-0.05, 0) is 31.6 Å². The number of guanidine groups is 1. The average Bonchev–Trinajstić information content (AvgIpc) is 3.90. The maximum absolute atomic E-state index is 13.9. The highest BCUT2D eigenvalue weighted by molar-refractivity contribution is 7.87. The molecule has 0 spiro atoms. The molecule has 1 aliphatic carbocycles. The van der Waals surface area contributed by atoms with Crippen LogP contribution < -0.4 is 21.1 Å². The van der Waals surface area contributed by atoms with Crippen molar-refractivity contribution in [1.29, 1.82) is 5.41 Å². The summed E-state index contributed by atoms with van der Waals surface area (Å²) >= 11 is 0. The van der Waals surface area contributed by atoms with Gasteiger partial charge in [0, 0.05) is 65.2 Å². The lowest BCUT2D eigenvalue weighted by molar-refractivity contribution is -0.257. The van der Waals surface area contributed by atoms with E-state index in [1.165, 1.54) is 4.90 Å². The third kappa shape index (κ3) is 12.5. The Kier molecular flexibility index (Phi) is 14.8. The van der Waals surface area contributed by atoms with E-state index >= 15 is 0 Å². The molecule has 2 saturated heterocycles. The Morgan fingerprint density at radius 2 is 1.79 bits per heavy atom. The second kappa shape index (κ2) is 18.5. The van der Waals surface area contributed by atoms with Gasteiger partial charge in [-0.3, -0.25) is 19.8 Å². The second-order valence-electron chi connectivity index (χ2n) is 11.6. The average molecular weight is 704 g/mol. The predicted molar refractivity (Wildman–Crippen MR) is 166 cm³/mol. The lowest BCUT2D eigenvalue weighted by atomic mass is 9.98. The molecule has 20 nitrogen and oxygen atoms in total. The fraction of sp³-hybridized carbons (Fsp3) is 0.741.